The molecule has 0 aromatic heterocycles. The highest BCUT2D eigenvalue weighted by Gasteiger charge is 2.19. The lowest BCUT2D eigenvalue weighted by Gasteiger charge is -2.21. The van der Waals surface area contributed by atoms with Crippen molar-refractivity contribution in [3.05, 3.63) is 65.2 Å². The molecule has 0 spiro atoms. The Morgan fingerprint density at radius 1 is 1.09 bits per heavy atom. The Hall–Kier alpha value is -2.29. The summed E-state index contributed by atoms with van der Waals surface area (Å²) in [6.45, 7) is 7.94. The predicted molar refractivity (Wildman–Crippen MR) is 93.6 cm³/mol. The van der Waals surface area contributed by atoms with Gasteiger partial charge in [-0.25, -0.2) is 0 Å². The molecule has 1 amide bonds. The molecule has 2 atom stereocenters. The number of rotatable bonds is 6. The van der Waals surface area contributed by atoms with E-state index in [1.165, 1.54) is 5.56 Å². The van der Waals surface area contributed by atoms with E-state index >= 15 is 0 Å². The lowest BCUT2D eigenvalue weighted by Crippen LogP contribution is -2.38. The fourth-order valence-electron chi connectivity index (χ4n) is 2.44. The number of ether oxygens (including phenoxy) is 1. The zero-order valence-electron chi connectivity index (χ0n) is 14.3. The molecule has 0 radical (unpaired) electrons. The van der Waals surface area contributed by atoms with Gasteiger partial charge in [0.15, 0.2) is 6.10 Å². The molecule has 0 saturated heterocycles. The highest BCUT2D eigenvalue weighted by Crippen LogP contribution is 2.19. The Labute approximate surface area is 138 Å². The Morgan fingerprint density at radius 2 is 1.78 bits per heavy atom. The van der Waals surface area contributed by atoms with Crippen LogP contribution >= 0.6 is 0 Å². The first-order valence-corrected chi connectivity index (χ1v) is 8.10. The average Bonchev–Trinajstić information content (AvgIpc) is 2.56. The molecule has 3 nitrogen and oxygen atoms in total. The number of hydrogen-bond donors (Lipinski definition) is 1. The third-order valence-electron chi connectivity index (χ3n) is 4.09. The molecule has 2 rings (SSSR count). The van der Waals surface area contributed by atoms with Gasteiger partial charge in [-0.2, -0.15) is 0 Å². The molecule has 2 aromatic rings. The van der Waals surface area contributed by atoms with Crippen molar-refractivity contribution in [1.29, 1.82) is 0 Å². The van der Waals surface area contributed by atoms with E-state index in [0.29, 0.717) is 0 Å². The minimum Gasteiger partial charge on any atom is -0.481 e. The summed E-state index contributed by atoms with van der Waals surface area (Å²) in [5.41, 5.74) is 3.48. The van der Waals surface area contributed by atoms with Crippen LogP contribution in [0.4, 0.5) is 0 Å². The molecule has 0 heterocycles. The Kier molecular flexibility index (Phi) is 5.80. The van der Waals surface area contributed by atoms with Gasteiger partial charge in [-0.15, -0.1) is 0 Å². The van der Waals surface area contributed by atoms with Crippen molar-refractivity contribution in [3.8, 4) is 5.75 Å². The number of carbonyl (C=O) groups is 1. The Balaban J connectivity index is 2.00. The molecule has 2 aromatic carbocycles. The molecule has 0 aliphatic carbocycles. The van der Waals surface area contributed by atoms with Crippen LogP contribution in [-0.4, -0.2) is 12.0 Å². The summed E-state index contributed by atoms with van der Waals surface area (Å²) in [5, 5.41) is 3.07. The van der Waals surface area contributed by atoms with Gasteiger partial charge in [-0.1, -0.05) is 43.3 Å². The van der Waals surface area contributed by atoms with Gasteiger partial charge in [0.05, 0.1) is 6.04 Å². The second-order valence-electron chi connectivity index (χ2n) is 5.89. The van der Waals surface area contributed by atoms with Crippen LogP contribution in [0, 0.1) is 13.8 Å². The zero-order chi connectivity index (χ0) is 16.8. The summed E-state index contributed by atoms with van der Waals surface area (Å²) in [4.78, 5) is 12.4. The summed E-state index contributed by atoms with van der Waals surface area (Å²) >= 11 is 0. The van der Waals surface area contributed by atoms with Gasteiger partial charge < -0.3 is 10.1 Å². The minimum atomic E-state index is -0.533. The molecular weight excluding hydrogens is 286 g/mol. The van der Waals surface area contributed by atoms with E-state index in [1.54, 1.807) is 6.92 Å². The van der Waals surface area contributed by atoms with Gasteiger partial charge in [-0.3, -0.25) is 4.79 Å². The van der Waals surface area contributed by atoms with Gasteiger partial charge in [-0.05, 0) is 56.0 Å². The third kappa shape index (κ3) is 4.59. The summed E-state index contributed by atoms with van der Waals surface area (Å²) < 4.78 is 5.78. The van der Waals surface area contributed by atoms with Gasteiger partial charge in [0.25, 0.3) is 5.91 Å². The largest absolute Gasteiger partial charge is 0.481 e. The fourth-order valence-corrected chi connectivity index (χ4v) is 2.44. The number of aryl methyl sites for hydroxylation is 2. The van der Waals surface area contributed by atoms with Gasteiger partial charge >= 0.3 is 0 Å². The maximum Gasteiger partial charge on any atom is 0.261 e. The van der Waals surface area contributed by atoms with Crippen LogP contribution in [0.15, 0.2) is 48.5 Å². The lowest BCUT2D eigenvalue weighted by atomic mass is 10.0. The smallest absolute Gasteiger partial charge is 0.261 e. The molecule has 0 saturated carbocycles. The molecule has 1 N–H and O–H groups in total. The van der Waals surface area contributed by atoms with Crippen molar-refractivity contribution in [2.24, 2.45) is 0 Å². The predicted octanol–water partition coefficient (Wildman–Crippen LogP) is 4.34. The number of benzene rings is 2. The average molecular weight is 311 g/mol. The number of amides is 1. The highest BCUT2D eigenvalue weighted by molar-refractivity contribution is 5.81. The lowest BCUT2D eigenvalue weighted by molar-refractivity contribution is -0.128. The normalized spacial score (nSPS) is 13.2. The standard InChI is InChI=1S/C20H25NO2/c1-5-19(17-9-7-6-8-10-17)21-20(22)16(4)23-18-12-11-14(2)15(3)13-18/h6-13,16,19H,5H2,1-4H3,(H,21,22). The topological polar surface area (TPSA) is 38.3 Å². The van der Waals surface area contributed by atoms with E-state index in [2.05, 4.69) is 19.2 Å². The van der Waals surface area contributed by atoms with Crippen LogP contribution in [0.3, 0.4) is 0 Å². The van der Waals surface area contributed by atoms with Crippen LogP contribution in [0.2, 0.25) is 0 Å². The first-order valence-electron chi connectivity index (χ1n) is 8.10. The number of hydrogen-bond acceptors (Lipinski definition) is 2. The first kappa shape index (κ1) is 17.1. The van der Waals surface area contributed by atoms with E-state index < -0.39 is 6.10 Å². The molecule has 2 unspecified atom stereocenters. The summed E-state index contributed by atoms with van der Waals surface area (Å²) in [6.07, 6.45) is 0.307. The van der Waals surface area contributed by atoms with Crippen molar-refractivity contribution >= 4 is 5.91 Å². The fraction of sp³-hybridized carbons (Fsp3) is 0.350. The highest BCUT2D eigenvalue weighted by atomic mass is 16.5. The molecule has 0 bridgehead atoms. The van der Waals surface area contributed by atoms with Crippen LogP contribution in [0.25, 0.3) is 0 Å². The SMILES string of the molecule is CCC(NC(=O)C(C)Oc1ccc(C)c(C)c1)c1ccccc1. The Bertz CT molecular complexity index is 652. The minimum absolute atomic E-state index is 0.00880. The third-order valence-corrected chi connectivity index (χ3v) is 4.09. The van der Waals surface area contributed by atoms with Gasteiger partial charge in [0.2, 0.25) is 0 Å². The summed E-state index contributed by atoms with van der Waals surface area (Å²) in [6, 6.07) is 15.9. The monoisotopic (exact) mass is 311 g/mol. The maximum atomic E-state index is 12.4. The van der Waals surface area contributed by atoms with Crippen LogP contribution < -0.4 is 10.1 Å². The van der Waals surface area contributed by atoms with Crippen LogP contribution in [0.1, 0.15) is 43.0 Å². The molecule has 3 heteroatoms. The zero-order valence-corrected chi connectivity index (χ0v) is 14.3. The van der Waals surface area contributed by atoms with Crippen molar-refractivity contribution in [2.45, 2.75) is 46.3 Å². The number of carbonyl (C=O) groups excluding carboxylic acids is 1. The van der Waals surface area contributed by atoms with E-state index in [9.17, 15) is 4.79 Å². The summed E-state index contributed by atoms with van der Waals surface area (Å²) in [5.74, 6) is 0.627. The van der Waals surface area contributed by atoms with Crippen LogP contribution in [0.5, 0.6) is 5.75 Å². The van der Waals surface area contributed by atoms with E-state index in [1.807, 2.05) is 55.5 Å². The van der Waals surface area contributed by atoms with E-state index in [0.717, 1.165) is 23.3 Å². The first-order chi connectivity index (χ1) is 11.0. The molecular formula is C20H25NO2. The van der Waals surface area contributed by atoms with E-state index in [-0.39, 0.29) is 11.9 Å². The molecule has 23 heavy (non-hydrogen) atoms. The van der Waals surface area contributed by atoms with Crippen molar-refractivity contribution in [3.63, 3.8) is 0 Å². The molecule has 0 aliphatic heterocycles. The van der Waals surface area contributed by atoms with E-state index in [4.69, 9.17) is 4.74 Å². The molecule has 122 valence electrons. The van der Waals surface area contributed by atoms with Gasteiger partial charge in [0.1, 0.15) is 5.75 Å². The van der Waals surface area contributed by atoms with Crippen LogP contribution in [-0.2, 0) is 4.79 Å². The maximum absolute atomic E-state index is 12.4. The second kappa shape index (κ2) is 7.82. The molecule has 0 fully saturated rings. The number of nitrogens with one attached hydrogen (secondary N) is 1. The van der Waals surface area contributed by atoms with Crippen molar-refractivity contribution in [2.75, 3.05) is 0 Å². The quantitative estimate of drug-likeness (QED) is 0.862. The van der Waals surface area contributed by atoms with Crippen molar-refractivity contribution < 1.29 is 9.53 Å². The van der Waals surface area contributed by atoms with Gasteiger partial charge in [0, 0.05) is 0 Å². The summed E-state index contributed by atoms with van der Waals surface area (Å²) in [7, 11) is 0. The van der Waals surface area contributed by atoms with Crippen molar-refractivity contribution in [1.82, 2.24) is 5.32 Å². The Morgan fingerprint density at radius 3 is 2.39 bits per heavy atom. The second-order valence-corrected chi connectivity index (χ2v) is 5.89. The molecule has 0 aliphatic rings.